The summed E-state index contributed by atoms with van der Waals surface area (Å²) in [5.74, 6) is -1.31. The Morgan fingerprint density at radius 3 is 2.60 bits per heavy atom. The molecular weight excluding hydrogens is 314 g/mol. The van der Waals surface area contributed by atoms with Gasteiger partial charge >= 0.3 is 5.97 Å². The largest absolute Gasteiger partial charge is 0.425 e. The topological polar surface area (TPSA) is 70.3 Å². The lowest BCUT2D eigenvalue weighted by Gasteiger charge is -2.33. The second kappa shape index (κ2) is 6.19. The monoisotopic (exact) mass is 331 g/mol. The summed E-state index contributed by atoms with van der Waals surface area (Å²) in [5.41, 5.74) is 2.75. The third-order valence-electron chi connectivity index (χ3n) is 5.09. The van der Waals surface area contributed by atoms with Gasteiger partial charge in [0.15, 0.2) is 5.92 Å². The number of para-hydroxylation sites is 1. The van der Waals surface area contributed by atoms with Crippen LogP contribution in [-0.4, -0.2) is 11.1 Å². The quantitative estimate of drug-likeness (QED) is 0.674. The Labute approximate surface area is 146 Å². The van der Waals surface area contributed by atoms with Gasteiger partial charge < -0.3 is 9.84 Å². The number of hydrogen-bond donors (Lipinski definition) is 1. The fourth-order valence-electron chi connectivity index (χ4n) is 3.80. The predicted molar refractivity (Wildman–Crippen MR) is 92.5 cm³/mol. The molecular formula is C21H17NO3. The van der Waals surface area contributed by atoms with Crippen LogP contribution >= 0.6 is 0 Å². The molecule has 0 spiro atoms. The van der Waals surface area contributed by atoms with Crippen LogP contribution in [0.1, 0.15) is 35.1 Å². The van der Waals surface area contributed by atoms with E-state index in [9.17, 15) is 15.2 Å². The SMILES string of the molecule is N#CC1C(=O)Oc2ccccc2C1CC1C=Cc2ccccc2[C@H]1O. The van der Waals surface area contributed by atoms with Gasteiger partial charge in [-0.3, -0.25) is 4.79 Å². The molecule has 124 valence electrons. The van der Waals surface area contributed by atoms with Crippen molar-refractivity contribution < 1.29 is 14.6 Å². The van der Waals surface area contributed by atoms with Gasteiger partial charge in [-0.15, -0.1) is 0 Å². The van der Waals surface area contributed by atoms with Gasteiger partial charge in [0.2, 0.25) is 0 Å². The summed E-state index contributed by atoms with van der Waals surface area (Å²) in [4.78, 5) is 12.2. The lowest BCUT2D eigenvalue weighted by molar-refractivity contribution is -0.139. The van der Waals surface area contributed by atoms with Crippen molar-refractivity contribution in [3.8, 4) is 11.8 Å². The highest BCUT2D eigenvalue weighted by molar-refractivity contribution is 5.81. The Hall–Kier alpha value is -2.90. The molecule has 0 bridgehead atoms. The third-order valence-corrected chi connectivity index (χ3v) is 5.09. The molecule has 4 rings (SSSR count). The summed E-state index contributed by atoms with van der Waals surface area (Å²) in [5, 5.41) is 20.3. The van der Waals surface area contributed by atoms with Crippen LogP contribution in [0.2, 0.25) is 0 Å². The highest BCUT2D eigenvalue weighted by Crippen LogP contribution is 2.45. The average molecular weight is 331 g/mol. The molecule has 0 amide bonds. The zero-order chi connectivity index (χ0) is 17.4. The molecule has 0 fully saturated rings. The lowest BCUT2D eigenvalue weighted by atomic mass is 9.74. The summed E-state index contributed by atoms with van der Waals surface area (Å²) in [7, 11) is 0. The molecule has 2 aliphatic rings. The first-order chi connectivity index (χ1) is 12.2. The molecule has 4 nitrogen and oxygen atoms in total. The Morgan fingerprint density at radius 2 is 1.80 bits per heavy atom. The number of carbonyl (C=O) groups excluding carboxylic acids is 1. The second-order valence-corrected chi connectivity index (χ2v) is 6.50. The van der Waals surface area contributed by atoms with E-state index in [-0.39, 0.29) is 11.8 Å². The molecule has 0 aromatic heterocycles. The minimum Gasteiger partial charge on any atom is -0.425 e. The molecule has 2 aromatic carbocycles. The fraction of sp³-hybridized carbons (Fsp3) is 0.238. The highest BCUT2D eigenvalue weighted by atomic mass is 16.5. The molecule has 1 N–H and O–H groups in total. The number of hydrogen-bond acceptors (Lipinski definition) is 4. The van der Waals surface area contributed by atoms with E-state index in [2.05, 4.69) is 6.07 Å². The predicted octanol–water partition coefficient (Wildman–Crippen LogP) is 3.60. The van der Waals surface area contributed by atoms with E-state index >= 15 is 0 Å². The summed E-state index contributed by atoms with van der Waals surface area (Å²) in [6.07, 6.45) is 3.84. The van der Waals surface area contributed by atoms with Crippen LogP contribution in [0.3, 0.4) is 0 Å². The van der Waals surface area contributed by atoms with E-state index in [1.54, 1.807) is 6.07 Å². The van der Waals surface area contributed by atoms with E-state index in [1.807, 2.05) is 54.6 Å². The van der Waals surface area contributed by atoms with Crippen molar-refractivity contribution in [3.63, 3.8) is 0 Å². The molecule has 4 atom stereocenters. The number of nitrogens with zero attached hydrogens (tertiary/aromatic N) is 1. The van der Waals surface area contributed by atoms with Gasteiger partial charge in [-0.2, -0.15) is 5.26 Å². The van der Waals surface area contributed by atoms with Gasteiger partial charge in [0.05, 0.1) is 12.2 Å². The number of esters is 1. The van der Waals surface area contributed by atoms with Gasteiger partial charge in [0, 0.05) is 11.8 Å². The van der Waals surface area contributed by atoms with Crippen molar-refractivity contribution in [2.24, 2.45) is 11.8 Å². The fourth-order valence-corrected chi connectivity index (χ4v) is 3.80. The lowest BCUT2D eigenvalue weighted by Crippen LogP contribution is -2.32. The van der Waals surface area contributed by atoms with Crippen LogP contribution in [0.25, 0.3) is 6.08 Å². The van der Waals surface area contributed by atoms with E-state index < -0.39 is 18.0 Å². The number of aliphatic hydroxyl groups is 1. The number of benzene rings is 2. The smallest absolute Gasteiger partial charge is 0.329 e. The molecule has 1 heterocycles. The molecule has 3 unspecified atom stereocenters. The van der Waals surface area contributed by atoms with Crippen LogP contribution in [0.15, 0.2) is 54.6 Å². The van der Waals surface area contributed by atoms with Crippen molar-refractivity contribution in [3.05, 3.63) is 71.3 Å². The summed E-state index contributed by atoms with van der Waals surface area (Å²) < 4.78 is 5.30. The zero-order valence-electron chi connectivity index (χ0n) is 13.5. The molecule has 0 saturated heterocycles. The number of ether oxygens (including phenoxy) is 1. The maximum Gasteiger partial charge on any atom is 0.329 e. The van der Waals surface area contributed by atoms with Gasteiger partial charge in [-0.25, -0.2) is 0 Å². The van der Waals surface area contributed by atoms with E-state index in [1.165, 1.54) is 0 Å². The number of carbonyl (C=O) groups is 1. The molecule has 4 heteroatoms. The average Bonchev–Trinajstić information content (AvgIpc) is 2.64. The maximum atomic E-state index is 12.2. The zero-order valence-corrected chi connectivity index (χ0v) is 13.5. The van der Waals surface area contributed by atoms with E-state index in [0.29, 0.717) is 12.2 Å². The molecule has 25 heavy (non-hydrogen) atoms. The van der Waals surface area contributed by atoms with Crippen LogP contribution < -0.4 is 4.74 Å². The maximum absolute atomic E-state index is 12.2. The molecule has 2 aromatic rings. The van der Waals surface area contributed by atoms with Gasteiger partial charge in [-0.1, -0.05) is 54.6 Å². The number of fused-ring (bicyclic) bond motifs is 2. The van der Waals surface area contributed by atoms with Crippen LogP contribution in [0.4, 0.5) is 0 Å². The van der Waals surface area contributed by atoms with Crippen LogP contribution in [0, 0.1) is 23.2 Å². The first kappa shape index (κ1) is 15.6. The Bertz CT molecular complexity index is 896. The Kier molecular flexibility index (Phi) is 3.87. The van der Waals surface area contributed by atoms with Crippen molar-refractivity contribution in [1.82, 2.24) is 0 Å². The minimum absolute atomic E-state index is 0.158. The van der Waals surface area contributed by atoms with Gasteiger partial charge in [0.1, 0.15) is 5.75 Å². The molecule has 1 aliphatic heterocycles. The van der Waals surface area contributed by atoms with Gasteiger partial charge in [0.25, 0.3) is 0 Å². The first-order valence-corrected chi connectivity index (χ1v) is 8.34. The highest BCUT2D eigenvalue weighted by Gasteiger charge is 2.40. The first-order valence-electron chi connectivity index (χ1n) is 8.34. The van der Waals surface area contributed by atoms with Gasteiger partial charge in [-0.05, 0) is 29.2 Å². The third kappa shape index (κ3) is 2.63. The van der Waals surface area contributed by atoms with E-state index in [4.69, 9.17) is 4.74 Å². The summed E-state index contributed by atoms with van der Waals surface area (Å²) in [6, 6.07) is 17.1. The number of rotatable bonds is 2. The number of aliphatic hydroxyl groups excluding tert-OH is 1. The number of nitriles is 1. The minimum atomic E-state index is -0.854. The summed E-state index contributed by atoms with van der Waals surface area (Å²) >= 11 is 0. The van der Waals surface area contributed by atoms with Crippen molar-refractivity contribution in [2.75, 3.05) is 0 Å². The Balaban J connectivity index is 1.68. The van der Waals surface area contributed by atoms with Crippen molar-refractivity contribution >= 4 is 12.0 Å². The second-order valence-electron chi connectivity index (χ2n) is 6.50. The van der Waals surface area contributed by atoms with Crippen LogP contribution in [-0.2, 0) is 4.79 Å². The van der Waals surface area contributed by atoms with E-state index in [0.717, 1.165) is 16.7 Å². The summed E-state index contributed by atoms with van der Waals surface area (Å²) in [6.45, 7) is 0. The Morgan fingerprint density at radius 1 is 1.08 bits per heavy atom. The van der Waals surface area contributed by atoms with Crippen LogP contribution in [0.5, 0.6) is 5.75 Å². The standard InChI is InChI=1S/C21H17NO3/c22-12-18-17(16-7-3-4-8-19(16)25-21(18)24)11-14-10-9-13-5-1-2-6-15(13)20(14)23/h1-10,14,17-18,20,23H,11H2/t14?,17?,18?,20-/m0/s1. The molecule has 0 radical (unpaired) electrons. The van der Waals surface area contributed by atoms with Crippen molar-refractivity contribution in [1.29, 1.82) is 5.26 Å². The molecule has 0 saturated carbocycles. The van der Waals surface area contributed by atoms with Crippen molar-refractivity contribution in [2.45, 2.75) is 18.4 Å². The molecule has 1 aliphatic carbocycles. The normalized spacial score (nSPS) is 27.0.